The molecule has 1 aromatic heterocycles. The average molecular weight is 211 g/mol. The molecule has 0 atom stereocenters. The number of fused-ring (bicyclic) bond motifs is 3. The maximum atomic E-state index is 8.92. The van der Waals surface area contributed by atoms with E-state index in [1.54, 1.807) is 0 Å². The Morgan fingerprint density at radius 3 is 3.12 bits per heavy atom. The van der Waals surface area contributed by atoms with Crippen LogP contribution in [-0.4, -0.2) is 11.1 Å². The molecule has 0 radical (unpaired) electrons. The van der Waals surface area contributed by atoms with Gasteiger partial charge in [-0.05, 0) is 30.7 Å². The van der Waals surface area contributed by atoms with Crippen LogP contribution in [0.5, 0.6) is 0 Å². The maximum absolute atomic E-state index is 8.92. The third kappa shape index (κ3) is 1.17. The zero-order chi connectivity index (χ0) is 11.1. The Morgan fingerprint density at radius 2 is 2.31 bits per heavy atom. The van der Waals surface area contributed by atoms with E-state index >= 15 is 0 Å². The van der Waals surface area contributed by atoms with E-state index in [4.69, 9.17) is 5.26 Å². The Hall–Kier alpha value is -1.79. The predicted octanol–water partition coefficient (Wildman–Crippen LogP) is 1.92. The number of aromatic nitrogens is 1. The first-order chi connectivity index (χ1) is 7.81. The Balaban J connectivity index is 2.36. The lowest BCUT2D eigenvalue weighted by Gasteiger charge is -2.17. The van der Waals surface area contributed by atoms with Crippen LogP contribution in [0, 0.1) is 18.3 Å². The summed E-state index contributed by atoms with van der Waals surface area (Å²) in [6.45, 7) is 4.08. The van der Waals surface area contributed by atoms with Crippen molar-refractivity contribution in [2.75, 3.05) is 6.54 Å². The molecule has 1 aliphatic rings. The lowest BCUT2D eigenvalue weighted by molar-refractivity contribution is 0.505. The van der Waals surface area contributed by atoms with Gasteiger partial charge in [0.1, 0.15) is 0 Å². The Bertz CT molecular complexity index is 602. The molecule has 16 heavy (non-hydrogen) atoms. The maximum Gasteiger partial charge on any atom is 0.0991 e. The van der Waals surface area contributed by atoms with Crippen LogP contribution in [-0.2, 0) is 13.1 Å². The fourth-order valence-electron chi connectivity index (χ4n) is 2.55. The molecule has 3 rings (SSSR count). The van der Waals surface area contributed by atoms with Crippen molar-refractivity contribution in [3.8, 4) is 6.07 Å². The van der Waals surface area contributed by atoms with Gasteiger partial charge >= 0.3 is 0 Å². The molecular formula is C13H13N3. The first kappa shape index (κ1) is 9.44. The first-order valence-electron chi connectivity index (χ1n) is 5.54. The fraction of sp³-hybridized carbons (Fsp3) is 0.308. The quantitative estimate of drug-likeness (QED) is 0.723. The topological polar surface area (TPSA) is 40.8 Å². The number of nitrogens with zero attached hydrogens (tertiary/aromatic N) is 2. The highest BCUT2D eigenvalue weighted by molar-refractivity contribution is 5.86. The number of rotatable bonds is 0. The van der Waals surface area contributed by atoms with E-state index in [9.17, 15) is 0 Å². The summed E-state index contributed by atoms with van der Waals surface area (Å²) in [5.74, 6) is 0. The summed E-state index contributed by atoms with van der Waals surface area (Å²) in [5, 5.41) is 13.5. The van der Waals surface area contributed by atoms with Gasteiger partial charge in [0.25, 0.3) is 0 Å². The Labute approximate surface area is 94.3 Å². The zero-order valence-electron chi connectivity index (χ0n) is 9.25. The highest BCUT2D eigenvalue weighted by Gasteiger charge is 2.16. The molecule has 0 spiro atoms. The van der Waals surface area contributed by atoms with Crippen LogP contribution in [0.25, 0.3) is 10.9 Å². The molecule has 0 aliphatic carbocycles. The van der Waals surface area contributed by atoms with Gasteiger partial charge in [-0.3, -0.25) is 5.32 Å². The van der Waals surface area contributed by atoms with Crippen LogP contribution < -0.4 is 5.32 Å². The van der Waals surface area contributed by atoms with Crippen LogP contribution in [0.1, 0.15) is 16.8 Å². The summed E-state index contributed by atoms with van der Waals surface area (Å²) in [5.41, 5.74) is 4.71. The second kappa shape index (κ2) is 3.36. The summed E-state index contributed by atoms with van der Waals surface area (Å²) in [7, 11) is 0. The van der Waals surface area contributed by atoms with Gasteiger partial charge in [0.05, 0.1) is 18.3 Å². The number of hydrogen-bond acceptors (Lipinski definition) is 2. The van der Waals surface area contributed by atoms with Gasteiger partial charge in [0, 0.05) is 29.6 Å². The van der Waals surface area contributed by atoms with E-state index in [-0.39, 0.29) is 0 Å². The molecule has 0 saturated heterocycles. The Kier molecular flexibility index (Phi) is 1.98. The van der Waals surface area contributed by atoms with Crippen molar-refractivity contribution in [3.05, 3.63) is 35.0 Å². The molecule has 3 nitrogen and oxygen atoms in total. The Morgan fingerprint density at radius 1 is 1.44 bits per heavy atom. The summed E-state index contributed by atoms with van der Waals surface area (Å²) in [6.07, 6.45) is 1.07. The summed E-state index contributed by atoms with van der Waals surface area (Å²) >= 11 is 0. The van der Waals surface area contributed by atoms with Crippen molar-refractivity contribution < 1.29 is 0 Å². The molecule has 0 unspecified atom stereocenters. The highest BCUT2D eigenvalue weighted by Crippen LogP contribution is 2.27. The van der Waals surface area contributed by atoms with E-state index < -0.39 is 0 Å². The molecule has 0 bridgehead atoms. The van der Waals surface area contributed by atoms with Crippen LogP contribution in [0.2, 0.25) is 0 Å². The van der Waals surface area contributed by atoms with Gasteiger partial charge in [0.15, 0.2) is 0 Å². The average Bonchev–Trinajstić information content (AvgIpc) is 2.64. The van der Waals surface area contributed by atoms with Crippen LogP contribution >= 0.6 is 0 Å². The molecule has 80 valence electrons. The van der Waals surface area contributed by atoms with Crippen molar-refractivity contribution in [1.29, 1.82) is 5.26 Å². The van der Waals surface area contributed by atoms with Crippen molar-refractivity contribution in [1.82, 2.24) is 9.88 Å². The van der Waals surface area contributed by atoms with Gasteiger partial charge in [-0.25, -0.2) is 0 Å². The minimum Gasteiger partial charge on any atom is -0.331 e. The smallest absolute Gasteiger partial charge is 0.0991 e. The third-order valence-corrected chi connectivity index (χ3v) is 3.39. The minimum atomic E-state index is 0.742. The molecule has 1 aromatic carbocycles. The number of aryl methyl sites for hydroxylation is 1. The molecule has 3 heteroatoms. The highest BCUT2D eigenvalue weighted by atomic mass is 15.1. The number of benzene rings is 1. The van der Waals surface area contributed by atoms with E-state index in [0.717, 1.165) is 25.2 Å². The molecular weight excluding hydrogens is 198 g/mol. The van der Waals surface area contributed by atoms with Crippen LogP contribution in [0.15, 0.2) is 18.2 Å². The molecule has 0 amide bonds. The molecule has 1 N–H and O–H groups in total. The number of hydrogen-bond donors (Lipinski definition) is 1. The molecule has 1 aliphatic heterocycles. The second-order valence-electron chi connectivity index (χ2n) is 4.25. The number of nitriles is 1. The van der Waals surface area contributed by atoms with E-state index in [1.807, 2.05) is 12.1 Å². The zero-order valence-corrected chi connectivity index (χ0v) is 9.25. The van der Waals surface area contributed by atoms with Gasteiger partial charge < -0.3 is 4.57 Å². The van der Waals surface area contributed by atoms with Gasteiger partial charge in [-0.1, -0.05) is 0 Å². The normalized spacial score (nSPS) is 14.8. The van der Waals surface area contributed by atoms with Crippen molar-refractivity contribution in [2.45, 2.75) is 20.0 Å². The lowest BCUT2D eigenvalue weighted by atomic mass is 10.1. The summed E-state index contributed by atoms with van der Waals surface area (Å²) in [4.78, 5) is 0. The van der Waals surface area contributed by atoms with Gasteiger partial charge in [0.2, 0.25) is 0 Å². The fourth-order valence-corrected chi connectivity index (χ4v) is 2.55. The van der Waals surface area contributed by atoms with E-state index in [2.05, 4.69) is 28.9 Å². The van der Waals surface area contributed by atoms with Crippen LogP contribution in [0.4, 0.5) is 0 Å². The molecule has 0 fully saturated rings. The summed E-state index contributed by atoms with van der Waals surface area (Å²) in [6, 6.07) is 8.14. The number of nitrogens with one attached hydrogen (secondary N) is 1. The SMILES string of the molecule is Cc1c2n(c3ccc(C#N)cc13)CNCC2. The van der Waals surface area contributed by atoms with Crippen molar-refractivity contribution in [2.24, 2.45) is 0 Å². The standard InChI is InChI=1S/C13H13N3/c1-9-11-6-10(7-14)2-3-13(11)16-8-15-5-4-12(9)16/h2-3,6,15H,4-5,8H2,1H3. The molecule has 2 aromatic rings. The molecule has 0 saturated carbocycles. The van der Waals surface area contributed by atoms with Gasteiger partial charge in [-0.2, -0.15) is 5.26 Å². The van der Waals surface area contributed by atoms with Crippen molar-refractivity contribution >= 4 is 10.9 Å². The summed E-state index contributed by atoms with van der Waals surface area (Å²) < 4.78 is 2.31. The van der Waals surface area contributed by atoms with Crippen molar-refractivity contribution in [3.63, 3.8) is 0 Å². The van der Waals surface area contributed by atoms with Gasteiger partial charge in [-0.15, -0.1) is 0 Å². The van der Waals surface area contributed by atoms with E-state index in [1.165, 1.54) is 22.2 Å². The second-order valence-corrected chi connectivity index (χ2v) is 4.25. The monoisotopic (exact) mass is 211 g/mol. The largest absolute Gasteiger partial charge is 0.331 e. The first-order valence-corrected chi connectivity index (χ1v) is 5.54. The molecule has 2 heterocycles. The van der Waals surface area contributed by atoms with E-state index in [0.29, 0.717) is 0 Å². The minimum absolute atomic E-state index is 0.742. The lowest BCUT2D eigenvalue weighted by Crippen LogP contribution is -2.28. The third-order valence-electron chi connectivity index (χ3n) is 3.39. The predicted molar refractivity (Wildman–Crippen MR) is 63.1 cm³/mol. The van der Waals surface area contributed by atoms with Crippen LogP contribution in [0.3, 0.4) is 0 Å².